The highest BCUT2D eigenvalue weighted by Gasteiger charge is 2.18. The van der Waals surface area contributed by atoms with Crippen LogP contribution in [0.4, 0.5) is 11.5 Å². The minimum atomic E-state index is -3.73. The van der Waals surface area contributed by atoms with Crippen molar-refractivity contribution in [3.8, 4) is 0 Å². The zero-order valence-corrected chi connectivity index (χ0v) is 12.5. The van der Waals surface area contributed by atoms with Crippen molar-refractivity contribution in [2.24, 2.45) is 0 Å². The average molecular weight is 345 g/mol. The van der Waals surface area contributed by atoms with Gasteiger partial charge in [0, 0.05) is 16.2 Å². The van der Waals surface area contributed by atoms with E-state index >= 15 is 0 Å². The molecule has 0 amide bonds. The Morgan fingerprint density at radius 1 is 1.42 bits per heavy atom. The third kappa shape index (κ3) is 3.07. The number of anilines is 2. The fraction of sp³-hybridized carbons (Fsp3) is 0.182. The Morgan fingerprint density at radius 3 is 2.74 bits per heavy atom. The molecule has 1 aromatic heterocycles. The van der Waals surface area contributed by atoms with Crippen molar-refractivity contribution < 1.29 is 8.42 Å². The SMILES string of the molecule is CCc1cc(NS(=O)(=O)c2ccc(Br)cc2N)n[nH]1. The zero-order valence-electron chi connectivity index (χ0n) is 10.1. The van der Waals surface area contributed by atoms with Crippen LogP contribution in [0.1, 0.15) is 12.6 Å². The van der Waals surface area contributed by atoms with Gasteiger partial charge < -0.3 is 5.73 Å². The number of nitrogens with one attached hydrogen (secondary N) is 2. The fourth-order valence-electron chi connectivity index (χ4n) is 1.55. The van der Waals surface area contributed by atoms with Gasteiger partial charge in [0.25, 0.3) is 10.0 Å². The standard InChI is InChI=1S/C11H13BrN4O2S/c1-2-8-6-11(15-14-8)16-19(17,18)10-4-3-7(12)5-9(10)13/h3-6H,2,13H2,1H3,(H2,14,15,16). The molecule has 0 radical (unpaired) electrons. The number of halogens is 1. The van der Waals surface area contributed by atoms with E-state index in [1.165, 1.54) is 12.1 Å². The number of hydrogen-bond donors (Lipinski definition) is 3. The highest BCUT2D eigenvalue weighted by Crippen LogP contribution is 2.24. The van der Waals surface area contributed by atoms with E-state index in [0.29, 0.717) is 0 Å². The average Bonchev–Trinajstić information content (AvgIpc) is 2.75. The van der Waals surface area contributed by atoms with Crippen molar-refractivity contribution in [2.45, 2.75) is 18.2 Å². The summed E-state index contributed by atoms with van der Waals surface area (Å²) in [5.74, 6) is 0.249. The van der Waals surface area contributed by atoms with Crippen LogP contribution in [0.25, 0.3) is 0 Å². The summed E-state index contributed by atoms with van der Waals surface area (Å²) in [5, 5.41) is 6.62. The lowest BCUT2D eigenvalue weighted by Crippen LogP contribution is -2.15. The fourth-order valence-corrected chi connectivity index (χ4v) is 3.04. The first-order chi connectivity index (χ1) is 8.92. The van der Waals surface area contributed by atoms with E-state index in [4.69, 9.17) is 5.73 Å². The summed E-state index contributed by atoms with van der Waals surface area (Å²) >= 11 is 3.23. The van der Waals surface area contributed by atoms with Crippen molar-refractivity contribution in [3.63, 3.8) is 0 Å². The number of hydrogen-bond acceptors (Lipinski definition) is 4. The molecule has 6 nitrogen and oxygen atoms in total. The molecule has 0 aliphatic rings. The van der Waals surface area contributed by atoms with Gasteiger partial charge in [-0.15, -0.1) is 0 Å². The van der Waals surface area contributed by atoms with E-state index in [9.17, 15) is 8.42 Å². The lowest BCUT2D eigenvalue weighted by atomic mass is 10.3. The molecule has 8 heteroatoms. The number of aromatic nitrogens is 2. The van der Waals surface area contributed by atoms with Gasteiger partial charge in [0.2, 0.25) is 0 Å². The monoisotopic (exact) mass is 344 g/mol. The highest BCUT2D eigenvalue weighted by molar-refractivity contribution is 9.10. The van der Waals surface area contributed by atoms with Gasteiger partial charge in [0.1, 0.15) is 4.90 Å². The molecule has 0 aliphatic carbocycles. The van der Waals surface area contributed by atoms with Crippen LogP contribution >= 0.6 is 15.9 Å². The minimum absolute atomic E-state index is 0.0248. The largest absolute Gasteiger partial charge is 0.398 e. The Morgan fingerprint density at radius 2 is 2.16 bits per heavy atom. The molecule has 2 rings (SSSR count). The summed E-state index contributed by atoms with van der Waals surface area (Å²) in [7, 11) is -3.73. The Bertz CT molecular complexity index is 696. The summed E-state index contributed by atoms with van der Waals surface area (Å²) in [6.07, 6.45) is 0.745. The molecular weight excluding hydrogens is 332 g/mol. The van der Waals surface area contributed by atoms with Gasteiger partial charge in [0.15, 0.2) is 5.82 Å². The molecular formula is C11H13BrN4O2S. The van der Waals surface area contributed by atoms with Gasteiger partial charge in [-0.2, -0.15) is 5.10 Å². The maximum absolute atomic E-state index is 12.2. The predicted molar refractivity (Wildman–Crippen MR) is 77.3 cm³/mol. The molecule has 102 valence electrons. The molecule has 1 heterocycles. The van der Waals surface area contributed by atoms with Crippen molar-refractivity contribution in [2.75, 3.05) is 10.5 Å². The van der Waals surface area contributed by atoms with Crippen LogP contribution < -0.4 is 10.5 Å². The van der Waals surface area contributed by atoms with E-state index in [0.717, 1.165) is 16.6 Å². The van der Waals surface area contributed by atoms with E-state index in [1.54, 1.807) is 12.1 Å². The molecule has 0 fully saturated rings. The molecule has 0 saturated carbocycles. The van der Waals surface area contributed by atoms with Crippen molar-refractivity contribution in [3.05, 3.63) is 34.4 Å². The summed E-state index contributed by atoms with van der Waals surface area (Å²) in [6.45, 7) is 1.94. The van der Waals surface area contributed by atoms with Crippen LogP contribution in [0.3, 0.4) is 0 Å². The first-order valence-corrected chi connectivity index (χ1v) is 7.82. The minimum Gasteiger partial charge on any atom is -0.398 e. The number of aromatic amines is 1. The Kier molecular flexibility index (Phi) is 3.81. The second-order valence-corrected chi connectivity index (χ2v) is 6.49. The molecule has 0 unspecified atom stereocenters. The van der Waals surface area contributed by atoms with Crippen LogP contribution in [0, 0.1) is 0 Å². The summed E-state index contributed by atoms with van der Waals surface area (Å²) in [6, 6.07) is 6.24. The van der Waals surface area contributed by atoms with Crippen LogP contribution in [0.2, 0.25) is 0 Å². The van der Waals surface area contributed by atoms with Crippen molar-refractivity contribution in [1.29, 1.82) is 0 Å². The number of benzene rings is 1. The van der Waals surface area contributed by atoms with Gasteiger partial charge in [0.05, 0.1) is 5.69 Å². The lowest BCUT2D eigenvalue weighted by molar-refractivity contribution is 0.601. The third-order valence-corrected chi connectivity index (χ3v) is 4.43. The molecule has 0 bridgehead atoms. The molecule has 1 aromatic carbocycles. The topological polar surface area (TPSA) is 101 Å². The second-order valence-electron chi connectivity index (χ2n) is 3.92. The Hall–Kier alpha value is -1.54. The molecule has 0 saturated heterocycles. The summed E-state index contributed by atoms with van der Waals surface area (Å²) in [4.78, 5) is 0.0248. The molecule has 0 aliphatic heterocycles. The van der Waals surface area contributed by atoms with E-state index < -0.39 is 10.0 Å². The first kappa shape index (κ1) is 13.9. The second kappa shape index (κ2) is 5.22. The Labute approximate surface area is 119 Å². The van der Waals surface area contributed by atoms with Gasteiger partial charge in [-0.1, -0.05) is 22.9 Å². The molecule has 19 heavy (non-hydrogen) atoms. The van der Waals surface area contributed by atoms with E-state index in [2.05, 4.69) is 30.8 Å². The number of nitrogens with zero attached hydrogens (tertiary/aromatic N) is 1. The normalized spacial score (nSPS) is 11.5. The van der Waals surface area contributed by atoms with Gasteiger partial charge in [-0.3, -0.25) is 9.82 Å². The first-order valence-electron chi connectivity index (χ1n) is 5.54. The zero-order chi connectivity index (χ0) is 14.0. The maximum atomic E-state index is 12.2. The van der Waals surface area contributed by atoms with Gasteiger partial charge in [-0.25, -0.2) is 8.42 Å². The summed E-state index contributed by atoms with van der Waals surface area (Å²) < 4.78 is 27.4. The van der Waals surface area contributed by atoms with Crippen LogP contribution in [-0.4, -0.2) is 18.6 Å². The maximum Gasteiger partial charge on any atom is 0.265 e. The number of H-pyrrole nitrogens is 1. The number of nitrogens with two attached hydrogens (primary N) is 1. The number of rotatable bonds is 4. The third-order valence-electron chi connectivity index (χ3n) is 2.51. The highest BCUT2D eigenvalue weighted by atomic mass is 79.9. The molecule has 0 atom stereocenters. The van der Waals surface area contributed by atoms with E-state index in [-0.39, 0.29) is 16.4 Å². The van der Waals surface area contributed by atoms with Gasteiger partial charge >= 0.3 is 0 Å². The van der Waals surface area contributed by atoms with Crippen LogP contribution in [0.15, 0.2) is 33.6 Å². The number of sulfonamides is 1. The predicted octanol–water partition coefficient (Wildman–Crippen LogP) is 2.12. The quantitative estimate of drug-likeness (QED) is 0.739. The van der Waals surface area contributed by atoms with Crippen molar-refractivity contribution >= 4 is 37.5 Å². The molecule has 2 aromatic rings. The van der Waals surface area contributed by atoms with Crippen molar-refractivity contribution in [1.82, 2.24) is 10.2 Å². The smallest absolute Gasteiger partial charge is 0.265 e. The van der Waals surface area contributed by atoms with Crippen LogP contribution in [-0.2, 0) is 16.4 Å². The summed E-state index contributed by atoms with van der Waals surface area (Å²) in [5.41, 5.74) is 6.74. The van der Waals surface area contributed by atoms with E-state index in [1.807, 2.05) is 6.92 Å². The Balaban J connectivity index is 2.32. The molecule has 4 N–H and O–H groups in total. The van der Waals surface area contributed by atoms with Crippen LogP contribution in [0.5, 0.6) is 0 Å². The number of aryl methyl sites for hydroxylation is 1. The number of nitrogen functional groups attached to an aromatic ring is 1. The molecule has 0 spiro atoms. The van der Waals surface area contributed by atoms with Gasteiger partial charge in [-0.05, 0) is 24.6 Å². The lowest BCUT2D eigenvalue weighted by Gasteiger charge is -2.08.